The highest BCUT2D eigenvalue weighted by molar-refractivity contribution is 7.19. The number of ether oxygens (including phenoxy) is 2. The van der Waals surface area contributed by atoms with Gasteiger partial charge in [-0.1, -0.05) is 48.3 Å². The zero-order valence-electron chi connectivity index (χ0n) is 22.2. The Morgan fingerprint density at radius 3 is 2.67 bits per heavy atom. The van der Waals surface area contributed by atoms with Crippen LogP contribution in [0.2, 0.25) is 0 Å². The summed E-state index contributed by atoms with van der Waals surface area (Å²) in [5.74, 6) is -0.762. The summed E-state index contributed by atoms with van der Waals surface area (Å²) in [6, 6.07) is 14.3. The topological polar surface area (TPSA) is 96.6 Å². The van der Waals surface area contributed by atoms with E-state index in [4.69, 9.17) is 9.47 Å². The van der Waals surface area contributed by atoms with Crippen molar-refractivity contribution in [3.8, 4) is 5.75 Å². The lowest BCUT2D eigenvalue weighted by Gasteiger charge is -2.31. The summed E-state index contributed by atoms with van der Waals surface area (Å²) in [5.41, 5.74) is 3.29. The van der Waals surface area contributed by atoms with Gasteiger partial charge in [-0.05, 0) is 36.8 Å². The first-order valence-electron chi connectivity index (χ1n) is 13.3. The Kier molecular flexibility index (Phi) is 7.14. The molecule has 2 aliphatic rings. The predicted molar refractivity (Wildman–Crippen MR) is 153 cm³/mol. The normalized spacial score (nSPS) is 18.3. The van der Waals surface area contributed by atoms with Gasteiger partial charge >= 0.3 is 0 Å². The third-order valence-electron chi connectivity index (χ3n) is 7.47. The minimum atomic E-state index is -0.736. The summed E-state index contributed by atoms with van der Waals surface area (Å²) in [6.07, 6.45) is 1.66. The largest absolute Gasteiger partial charge is 0.503 e. The lowest BCUT2D eigenvalue weighted by Crippen LogP contribution is -2.43. The second-order valence-electron chi connectivity index (χ2n) is 9.85. The molecule has 6 rings (SSSR count). The number of carbonyl (C=O) groups excluding carboxylic acids is 2. The minimum absolute atomic E-state index is 0.0867. The Hall–Kier alpha value is -3.99. The number of carbonyl (C=O) groups is 2. The Bertz CT molecular complexity index is 1630. The Labute approximate surface area is 235 Å². The van der Waals surface area contributed by atoms with Crippen LogP contribution in [0.25, 0.3) is 16.0 Å². The minimum Gasteiger partial charge on any atom is -0.503 e. The van der Waals surface area contributed by atoms with Crippen molar-refractivity contribution in [1.82, 2.24) is 19.2 Å². The number of fused-ring (bicyclic) bond motifs is 3. The molecule has 2 aromatic heterocycles. The zero-order valence-corrected chi connectivity index (χ0v) is 23.0. The number of imidazole rings is 1. The number of nitrogens with zero attached hydrogens (tertiary/aromatic N) is 4. The van der Waals surface area contributed by atoms with Gasteiger partial charge in [0.15, 0.2) is 10.7 Å². The van der Waals surface area contributed by atoms with E-state index >= 15 is 0 Å². The zero-order chi connectivity index (χ0) is 27.8. The molecule has 1 atom stereocenters. The van der Waals surface area contributed by atoms with E-state index in [9.17, 15) is 14.7 Å². The maximum absolute atomic E-state index is 14.2. The van der Waals surface area contributed by atoms with E-state index in [0.717, 1.165) is 35.4 Å². The molecule has 2 aliphatic heterocycles. The third kappa shape index (κ3) is 4.57. The van der Waals surface area contributed by atoms with Gasteiger partial charge in [0.1, 0.15) is 12.4 Å². The fourth-order valence-electron chi connectivity index (χ4n) is 5.43. The maximum Gasteiger partial charge on any atom is 0.290 e. The van der Waals surface area contributed by atoms with Gasteiger partial charge in [-0.2, -0.15) is 0 Å². The number of morpholine rings is 1. The summed E-state index contributed by atoms with van der Waals surface area (Å²) < 4.78 is 13.0. The van der Waals surface area contributed by atoms with Crippen molar-refractivity contribution >= 4 is 39.0 Å². The van der Waals surface area contributed by atoms with E-state index < -0.39 is 17.7 Å². The van der Waals surface area contributed by atoms with Crippen LogP contribution in [0.15, 0.2) is 72.5 Å². The standard InChI is InChI=1S/C30H30N4O5S/c1-3-16-39-21-10-8-20(9-11-21)25-24(27(36)29(37)33(25)13-12-32-14-17-38-18-15-32)26(35)28-19(2)34-23-7-5-4-6-22(23)31-30(34)40-28/h3-11,25,36H,1,12-18H2,2H3. The van der Waals surface area contributed by atoms with Crippen LogP contribution in [-0.2, 0) is 9.53 Å². The molecule has 4 heterocycles. The lowest BCUT2D eigenvalue weighted by atomic mass is 9.95. The first kappa shape index (κ1) is 26.2. The number of para-hydroxylation sites is 2. The number of benzene rings is 2. The van der Waals surface area contributed by atoms with Crippen LogP contribution < -0.4 is 4.74 Å². The number of rotatable bonds is 9. The van der Waals surface area contributed by atoms with E-state index in [2.05, 4.69) is 16.5 Å². The van der Waals surface area contributed by atoms with Crippen molar-refractivity contribution < 1.29 is 24.2 Å². The van der Waals surface area contributed by atoms with Crippen molar-refractivity contribution in [2.45, 2.75) is 13.0 Å². The van der Waals surface area contributed by atoms with E-state index in [-0.39, 0.29) is 11.4 Å². The van der Waals surface area contributed by atoms with Crippen LogP contribution in [0, 0.1) is 6.92 Å². The molecule has 1 saturated heterocycles. The molecule has 1 N–H and O–H groups in total. The van der Waals surface area contributed by atoms with E-state index in [1.54, 1.807) is 23.1 Å². The smallest absolute Gasteiger partial charge is 0.290 e. The average Bonchev–Trinajstić information content (AvgIpc) is 3.59. The number of hydrogen-bond donors (Lipinski definition) is 1. The monoisotopic (exact) mass is 558 g/mol. The second-order valence-corrected chi connectivity index (χ2v) is 10.8. The summed E-state index contributed by atoms with van der Waals surface area (Å²) in [7, 11) is 0. The number of Topliss-reactive ketones (excluding diaryl/α,β-unsaturated/α-hetero) is 1. The van der Waals surface area contributed by atoms with Gasteiger partial charge < -0.3 is 19.5 Å². The van der Waals surface area contributed by atoms with Gasteiger partial charge in [0.2, 0.25) is 5.78 Å². The first-order chi connectivity index (χ1) is 19.5. The van der Waals surface area contributed by atoms with Gasteiger partial charge in [0.05, 0.1) is 40.7 Å². The molecule has 0 radical (unpaired) electrons. The van der Waals surface area contributed by atoms with Gasteiger partial charge in [-0.25, -0.2) is 4.98 Å². The van der Waals surface area contributed by atoms with Crippen LogP contribution >= 0.6 is 11.3 Å². The number of thiazole rings is 1. The Balaban J connectivity index is 1.38. The molecular formula is C30H30N4O5S. The van der Waals surface area contributed by atoms with Crippen LogP contribution in [0.4, 0.5) is 0 Å². The first-order valence-corrected chi connectivity index (χ1v) is 14.1. The second kappa shape index (κ2) is 10.9. The molecule has 0 bridgehead atoms. The van der Waals surface area contributed by atoms with Gasteiger partial charge in [-0.3, -0.25) is 18.9 Å². The summed E-state index contributed by atoms with van der Waals surface area (Å²) in [4.78, 5) is 37.3. The van der Waals surface area contributed by atoms with E-state index in [1.165, 1.54) is 11.3 Å². The summed E-state index contributed by atoms with van der Waals surface area (Å²) in [6.45, 7) is 9.72. The van der Waals surface area contributed by atoms with Crippen molar-refractivity contribution in [2.24, 2.45) is 0 Å². The fourth-order valence-corrected chi connectivity index (χ4v) is 6.53. The third-order valence-corrected chi connectivity index (χ3v) is 8.61. The van der Waals surface area contributed by atoms with Crippen LogP contribution in [0.5, 0.6) is 5.75 Å². The number of aryl methyl sites for hydroxylation is 1. The number of aromatic nitrogens is 2. The van der Waals surface area contributed by atoms with E-state index in [1.807, 2.05) is 47.7 Å². The summed E-state index contributed by atoms with van der Waals surface area (Å²) in [5, 5.41) is 11.2. The molecule has 1 fully saturated rings. The van der Waals surface area contributed by atoms with Gasteiger partial charge in [0.25, 0.3) is 5.91 Å². The van der Waals surface area contributed by atoms with E-state index in [0.29, 0.717) is 48.5 Å². The number of aliphatic hydroxyl groups is 1. The van der Waals surface area contributed by atoms with Crippen LogP contribution in [-0.4, -0.2) is 82.0 Å². The number of aliphatic hydroxyl groups excluding tert-OH is 1. The van der Waals surface area contributed by atoms with Gasteiger partial charge in [-0.15, -0.1) is 0 Å². The molecule has 0 aliphatic carbocycles. The molecule has 4 aromatic rings. The van der Waals surface area contributed by atoms with Crippen LogP contribution in [0.3, 0.4) is 0 Å². The average molecular weight is 559 g/mol. The molecule has 1 unspecified atom stereocenters. The Morgan fingerprint density at radius 1 is 1.18 bits per heavy atom. The highest BCUT2D eigenvalue weighted by atomic mass is 32.1. The number of amides is 1. The van der Waals surface area contributed by atoms with Gasteiger partial charge in [0, 0.05) is 31.9 Å². The lowest BCUT2D eigenvalue weighted by molar-refractivity contribution is -0.129. The molecule has 206 valence electrons. The number of hydrogen-bond acceptors (Lipinski definition) is 8. The molecular weight excluding hydrogens is 528 g/mol. The molecule has 10 heteroatoms. The van der Waals surface area contributed by atoms with Crippen molar-refractivity contribution in [3.63, 3.8) is 0 Å². The van der Waals surface area contributed by atoms with Crippen molar-refractivity contribution in [3.05, 3.63) is 88.7 Å². The molecule has 40 heavy (non-hydrogen) atoms. The molecule has 1 amide bonds. The number of ketones is 1. The highest BCUT2D eigenvalue weighted by Gasteiger charge is 2.44. The summed E-state index contributed by atoms with van der Waals surface area (Å²) >= 11 is 1.27. The van der Waals surface area contributed by atoms with Crippen molar-refractivity contribution in [1.29, 1.82) is 0 Å². The van der Waals surface area contributed by atoms with Crippen LogP contribution in [0.1, 0.15) is 27.0 Å². The molecule has 9 nitrogen and oxygen atoms in total. The van der Waals surface area contributed by atoms with Crippen molar-refractivity contribution in [2.75, 3.05) is 46.0 Å². The molecule has 0 spiro atoms. The quantitative estimate of drug-likeness (QED) is 0.241. The molecule has 0 saturated carbocycles. The highest BCUT2D eigenvalue weighted by Crippen LogP contribution is 2.41. The Morgan fingerprint density at radius 2 is 1.93 bits per heavy atom. The maximum atomic E-state index is 14.2. The SMILES string of the molecule is C=CCOc1ccc(C2C(C(=O)c3sc4nc5ccccc5n4c3C)=C(O)C(=O)N2CCN2CCOCC2)cc1. The fraction of sp³-hybridized carbons (Fsp3) is 0.300. The molecule has 2 aromatic carbocycles. The predicted octanol–water partition coefficient (Wildman–Crippen LogP) is 4.33.